The standard InChI is InChI=1S/C18H20N2O3/c1-3-23-18(22)16-11-9-14(10-12-16)13(2)19-20-17(21)15-7-5-4-6-8-15/h4-13,19H,3H2,1-2H3,(H,20,21)/t13-/m1/s1. The molecule has 0 radical (unpaired) electrons. The highest BCUT2D eigenvalue weighted by Crippen LogP contribution is 2.13. The number of carbonyl (C=O) groups is 2. The van der Waals surface area contributed by atoms with Crippen LogP contribution in [0.3, 0.4) is 0 Å². The molecule has 0 unspecified atom stereocenters. The van der Waals surface area contributed by atoms with Crippen molar-refractivity contribution in [2.24, 2.45) is 0 Å². The normalized spacial score (nSPS) is 11.6. The fourth-order valence-electron chi connectivity index (χ4n) is 2.04. The van der Waals surface area contributed by atoms with Gasteiger partial charge in [-0.3, -0.25) is 10.2 Å². The van der Waals surface area contributed by atoms with Crippen LogP contribution in [0.1, 0.15) is 46.2 Å². The first-order valence-corrected chi connectivity index (χ1v) is 7.49. The van der Waals surface area contributed by atoms with Crippen molar-refractivity contribution in [3.63, 3.8) is 0 Å². The molecule has 0 spiro atoms. The van der Waals surface area contributed by atoms with Crippen LogP contribution in [0, 0.1) is 0 Å². The van der Waals surface area contributed by atoms with Gasteiger partial charge in [-0.05, 0) is 43.7 Å². The molecule has 5 heteroatoms. The lowest BCUT2D eigenvalue weighted by Gasteiger charge is -2.15. The van der Waals surface area contributed by atoms with Gasteiger partial charge in [0, 0.05) is 11.6 Å². The molecule has 0 aliphatic rings. The summed E-state index contributed by atoms with van der Waals surface area (Å²) in [5.41, 5.74) is 7.68. The minimum absolute atomic E-state index is 0.0982. The number of carbonyl (C=O) groups excluding carboxylic acids is 2. The van der Waals surface area contributed by atoms with E-state index in [1.54, 1.807) is 31.2 Å². The summed E-state index contributed by atoms with van der Waals surface area (Å²) >= 11 is 0. The maximum absolute atomic E-state index is 12.0. The maximum Gasteiger partial charge on any atom is 0.338 e. The summed E-state index contributed by atoms with van der Waals surface area (Å²) in [7, 11) is 0. The molecule has 0 saturated heterocycles. The largest absolute Gasteiger partial charge is 0.462 e. The minimum atomic E-state index is -0.336. The number of rotatable bonds is 6. The predicted molar refractivity (Wildman–Crippen MR) is 87.9 cm³/mol. The smallest absolute Gasteiger partial charge is 0.338 e. The Bertz CT molecular complexity index is 654. The summed E-state index contributed by atoms with van der Waals surface area (Å²) in [6, 6.07) is 16.0. The highest BCUT2D eigenvalue weighted by Gasteiger charge is 2.10. The molecule has 2 rings (SSSR count). The summed E-state index contributed by atoms with van der Waals surface area (Å²) < 4.78 is 4.94. The number of esters is 1. The molecular formula is C18H20N2O3. The van der Waals surface area contributed by atoms with E-state index in [1.165, 1.54) is 0 Å². The lowest BCUT2D eigenvalue weighted by molar-refractivity contribution is 0.0526. The van der Waals surface area contributed by atoms with Gasteiger partial charge in [0.25, 0.3) is 5.91 Å². The molecule has 120 valence electrons. The van der Waals surface area contributed by atoms with Crippen LogP contribution < -0.4 is 10.9 Å². The fourth-order valence-corrected chi connectivity index (χ4v) is 2.04. The van der Waals surface area contributed by atoms with Gasteiger partial charge in [0.05, 0.1) is 12.2 Å². The second-order valence-corrected chi connectivity index (χ2v) is 5.03. The van der Waals surface area contributed by atoms with E-state index in [9.17, 15) is 9.59 Å². The van der Waals surface area contributed by atoms with Gasteiger partial charge in [0.2, 0.25) is 0 Å². The van der Waals surface area contributed by atoms with E-state index in [0.717, 1.165) is 5.56 Å². The first-order valence-electron chi connectivity index (χ1n) is 7.49. The van der Waals surface area contributed by atoms with Crippen molar-refractivity contribution >= 4 is 11.9 Å². The van der Waals surface area contributed by atoms with Crippen molar-refractivity contribution < 1.29 is 14.3 Å². The molecule has 0 aliphatic heterocycles. The van der Waals surface area contributed by atoms with E-state index in [4.69, 9.17) is 4.74 Å². The molecule has 5 nitrogen and oxygen atoms in total. The van der Waals surface area contributed by atoms with Crippen molar-refractivity contribution in [2.45, 2.75) is 19.9 Å². The zero-order valence-corrected chi connectivity index (χ0v) is 13.2. The van der Waals surface area contributed by atoms with Gasteiger partial charge >= 0.3 is 5.97 Å². The van der Waals surface area contributed by atoms with Crippen LogP contribution in [-0.4, -0.2) is 18.5 Å². The van der Waals surface area contributed by atoms with Crippen LogP contribution >= 0.6 is 0 Å². The molecular weight excluding hydrogens is 292 g/mol. The van der Waals surface area contributed by atoms with E-state index >= 15 is 0 Å². The SMILES string of the molecule is CCOC(=O)c1ccc([C@@H](C)NNC(=O)c2ccccc2)cc1. The Kier molecular flexibility index (Phi) is 5.88. The third-order valence-corrected chi connectivity index (χ3v) is 3.36. The van der Waals surface area contributed by atoms with Gasteiger partial charge in [0.15, 0.2) is 0 Å². The zero-order valence-electron chi connectivity index (χ0n) is 13.2. The summed E-state index contributed by atoms with van der Waals surface area (Å²) in [5.74, 6) is -0.530. The van der Waals surface area contributed by atoms with Crippen LogP contribution in [0.25, 0.3) is 0 Å². The molecule has 2 aromatic rings. The van der Waals surface area contributed by atoms with E-state index in [-0.39, 0.29) is 17.9 Å². The van der Waals surface area contributed by atoms with E-state index in [0.29, 0.717) is 17.7 Å². The van der Waals surface area contributed by atoms with Crippen molar-refractivity contribution in [3.05, 3.63) is 71.3 Å². The average Bonchev–Trinajstić information content (AvgIpc) is 2.60. The number of hydrogen-bond acceptors (Lipinski definition) is 4. The highest BCUT2D eigenvalue weighted by atomic mass is 16.5. The molecule has 2 N–H and O–H groups in total. The fraction of sp³-hybridized carbons (Fsp3) is 0.222. The zero-order chi connectivity index (χ0) is 16.7. The summed E-state index contributed by atoms with van der Waals surface area (Å²) in [4.78, 5) is 23.6. The quantitative estimate of drug-likeness (QED) is 0.636. The molecule has 23 heavy (non-hydrogen) atoms. The third-order valence-electron chi connectivity index (χ3n) is 3.36. The van der Waals surface area contributed by atoms with Crippen molar-refractivity contribution in [3.8, 4) is 0 Å². The predicted octanol–water partition coefficient (Wildman–Crippen LogP) is 2.86. The van der Waals surface area contributed by atoms with Crippen LogP contribution in [-0.2, 0) is 4.74 Å². The second kappa shape index (κ2) is 8.10. The Balaban J connectivity index is 1.92. The van der Waals surface area contributed by atoms with Crippen molar-refractivity contribution in [1.82, 2.24) is 10.9 Å². The first kappa shape index (κ1) is 16.7. The van der Waals surface area contributed by atoms with Gasteiger partial charge in [-0.2, -0.15) is 0 Å². The monoisotopic (exact) mass is 312 g/mol. The molecule has 0 fully saturated rings. The Morgan fingerprint density at radius 2 is 1.65 bits per heavy atom. The topological polar surface area (TPSA) is 67.4 Å². The van der Waals surface area contributed by atoms with E-state index in [2.05, 4.69) is 10.9 Å². The number of hydrogen-bond donors (Lipinski definition) is 2. The number of benzene rings is 2. The second-order valence-electron chi connectivity index (χ2n) is 5.03. The summed E-state index contributed by atoms with van der Waals surface area (Å²) in [6.07, 6.45) is 0. The Morgan fingerprint density at radius 1 is 1.00 bits per heavy atom. The summed E-state index contributed by atoms with van der Waals surface area (Å²) in [5, 5.41) is 0. The lowest BCUT2D eigenvalue weighted by atomic mass is 10.1. The molecule has 0 bridgehead atoms. The summed E-state index contributed by atoms with van der Waals surface area (Å²) in [6.45, 7) is 4.04. The molecule has 0 aromatic heterocycles. The van der Waals surface area contributed by atoms with Crippen molar-refractivity contribution in [2.75, 3.05) is 6.61 Å². The van der Waals surface area contributed by atoms with Crippen LogP contribution in [0.2, 0.25) is 0 Å². The average molecular weight is 312 g/mol. The van der Waals surface area contributed by atoms with Gasteiger partial charge in [-0.15, -0.1) is 0 Å². The van der Waals surface area contributed by atoms with Gasteiger partial charge < -0.3 is 4.74 Å². The third kappa shape index (κ3) is 4.66. The van der Waals surface area contributed by atoms with Crippen LogP contribution in [0.15, 0.2) is 54.6 Å². The van der Waals surface area contributed by atoms with Gasteiger partial charge in [-0.25, -0.2) is 10.2 Å². The van der Waals surface area contributed by atoms with Gasteiger partial charge in [-0.1, -0.05) is 30.3 Å². The number of amides is 1. The van der Waals surface area contributed by atoms with Gasteiger partial charge in [0.1, 0.15) is 0 Å². The molecule has 0 aliphatic carbocycles. The molecule has 1 amide bonds. The first-order chi connectivity index (χ1) is 11.1. The minimum Gasteiger partial charge on any atom is -0.462 e. The number of nitrogens with one attached hydrogen (secondary N) is 2. The lowest BCUT2D eigenvalue weighted by Crippen LogP contribution is -2.39. The Morgan fingerprint density at radius 3 is 2.26 bits per heavy atom. The van der Waals surface area contributed by atoms with Crippen molar-refractivity contribution in [1.29, 1.82) is 0 Å². The molecule has 0 saturated carbocycles. The van der Waals surface area contributed by atoms with Crippen LogP contribution in [0.5, 0.6) is 0 Å². The Labute approximate surface area is 135 Å². The number of hydrazine groups is 1. The Hall–Kier alpha value is -2.66. The highest BCUT2D eigenvalue weighted by molar-refractivity contribution is 5.93. The van der Waals surface area contributed by atoms with E-state index < -0.39 is 0 Å². The molecule has 1 atom stereocenters. The molecule has 0 heterocycles. The van der Waals surface area contributed by atoms with E-state index in [1.807, 2.05) is 37.3 Å². The number of ether oxygens (including phenoxy) is 1. The maximum atomic E-state index is 12.0. The molecule has 2 aromatic carbocycles. The van der Waals surface area contributed by atoms with Crippen LogP contribution in [0.4, 0.5) is 0 Å².